The van der Waals surface area contributed by atoms with Gasteiger partial charge in [0, 0.05) is 43.9 Å². The van der Waals surface area contributed by atoms with Crippen molar-refractivity contribution in [2.75, 3.05) is 52.5 Å². The van der Waals surface area contributed by atoms with Crippen molar-refractivity contribution in [2.24, 2.45) is 4.99 Å². The Labute approximate surface area is 252 Å². The molecule has 1 atom stereocenters. The molecule has 220 valence electrons. The molecule has 0 N–H and O–H groups in total. The summed E-state index contributed by atoms with van der Waals surface area (Å²) in [7, 11) is 0. The molecular formula is C34H35N5O4. The molecule has 0 bridgehead atoms. The van der Waals surface area contributed by atoms with Crippen molar-refractivity contribution in [2.45, 2.75) is 12.6 Å². The number of amides is 2. The molecule has 2 amide bonds. The topological polar surface area (TPSA) is 98.5 Å². The van der Waals surface area contributed by atoms with Gasteiger partial charge in [0.15, 0.2) is 0 Å². The van der Waals surface area contributed by atoms with Gasteiger partial charge < -0.3 is 14.4 Å². The fourth-order valence-electron chi connectivity index (χ4n) is 5.36. The highest BCUT2D eigenvalue weighted by atomic mass is 16.6. The van der Waals surface area contributed by atoms with Gasteiger partial charge in [-0.2, -0.15) is 5.26 Å². The Morgan fingerprint density at radius 1 is 1.05 bits per heavy atom. The smallest absolute Gasteiger partial charge is 0.410 e. The van der Waals surface area contributed by atoms with Crippen LogP contribution in [0.5, 0.6) is 0 Å². The van der Waals surface area contributed by atoms with E-state index in [1.807, 2.05) is 77.7 Å². The number of piperazine rings is 1. The minimum Gasteiger partial charge on any atom is -0.445 e. The van der Waals surface area contributed by atoms with Gasteiger partial charge in [-0.25, -0.2) is 9.79 Å². The summed E-state index contributed by atoms with van der Waals surface area (Å²) in [4.78, 5) is 36.8. The van der Waals surface area contributed by atoms with Gasteiger partial charge in [0.25, 0.3) is 0 Å². The first kappa shape index (κ1) is 29.7. The van der Waals surface area contributed by atoms with Crippen LogP contribution in [0.15, 0.2) is 96.5 Å². The maximum absolute atomic E-state index is 13.5. The SMILES string of the molecule is C=CCOC(=O)N1CC(=O)N(Cc2ccc(C#N)c(N=C(c3ccccc3)c3ccccc3)c2)C(CN2CCOCC2)C1. The van der Waals surface area contributed by atoms with Gasteiger partial charge in [-0.1, -0.05) is 79.4 Å². The molecule has 2 aliphatic heterocycles. The van der Waals surface area contributed by atoms with Crippen molar-refractivity contribution in [3.05, 3.63) is 114 Å². The maximum atomic E-state index is 13.5. The largest absolute Gasteiger partial charge is 0.445 e. The van der Waals surface area contributed by atoms with E-state index >= 15 is 0 Å². The average Bonchev–Trinajstić information content (AvgIpc) is 3.05. The van der Waals surface area contributed by atoms with Crippen molar-refractivity contribution < 1.29 is 19.1 Å². The van der Waals surface area contributed by atoms with E-state index in [0.717, 1.165) is 35.5 Å². The molecule has 3 aromatic rings. The average molecular weight is 578 g/mol. The predicted octanol–water partition coefficient (Wildman–Crippen LogP) is 4.39. The van der Waals surface area contributed by atoms with Gasteiger partial charge >= 0.3 is 6.09 Å². The summed E-state index contributed by atoms with van der Waals surface area (Å²) in [6.45, 7) is 7.69. The lowest BCUT2D eigenvalue weighted by molar-refractivity contribution is -0.140. The summed E-state index contributed by atoms with van der Waals surface area (Å²) in [6.07, 6.45) is 0.983. The lowest BCUT2D eigenvalue weighted by Crippen LogP contribution is -2.61. The molecule has 0 radical (unpaired) electrons. The Bertz CT molecular complexity index is 1450. The fraction of sp³-hybridized carbons (Fsp3) is 0.294. The van der Waals surface area contributed by atoms with Crippen LogP contribution < -0.4 is 0 Å². The minimum absolute atomic E-state index is 0.0664. The van der Waals surface area contributed by atoms with E-state index < -0.39 is 6.09 Å². The van der Waals surface area contributed by atoms with Gasteiger partial charge in [0.2, 0.25) is 5.91 Å². The number of hydrogen-bond donors (Lipinski definition) is 0. The van der Waals surface area contributed by atoms with E-state index in [1.54, 1.807) is 6.07 Å². The number of nitriles is 1. The number of rotatable bonds is 9. The summed E-state index contributed by atoms with van der Waals surface area (Å²) in [6, 6.07) is 27.3. The number of morpholine rings is 1. The highest BCUT2D eigenvalue weighted by Gasteiger charge is 2.36. The van der Waals surface area contributed by atoms with Crippen LogP contribution in [0, 0.1) is 11.3 Å². The second-order valence-corrected chi connectivity index (χ2v) is 10.5. The van der Waals surface area contributed by atoms with Crippen LogP contribution in [0.1, 0.15) is 22.3 Å². The number of ether oxygens (including phenoxy) is 2. The van der Waals surface area contributed by atoms with E-state index in [4.69, 9.17) is 14.5 Å². The molecule has 2 saturated heterocycles. The molecule has 0 aliphatic carbocycles. The van der Waals surface area contributed by atoms with E-state index in [-0.39, 0.29) is 25.1 Å². The van der Waals surface area contributed by atoms with E-state index in [0.29, 0.717) is 44.1 Å². The first-order chi connectivity index (χ1) is 21.1. The normalized spacial score (nSPS) is 17.2. The van der Waals surface area contributed by atoms with E-state index in [9.17, 15) is 14.9 Å². The highest BCUT2D eigenvalue weighted by molar-refractivity contribution is 6.14. The Balaban J connectivity index is 1.45. The molecule has 5 rings (SSSR count). The zero-order valence-electron chi connectivity index (χ0n) is 24.1. The van der Waals surface area contributed by atoms with Gasteiger partial charge in [-0.15, -0.1) is 0 Å². The number of aliphatic imine (C=N–C) groups is 1. The van der Waals surface area contributed by atoms with Crippen LogP contribution in [-0.4, -0.2) is 91.0 Å². The molecule has 0 spiro atoms. The second-order valence-electron chi connectivity index (χ2n) is 10.5. The zero-order chi connectivity index (χ0) is 30.0. The third-order valence-electron chi connectivity index (χ3n) is 7.54. The lowest BCUT2D eigenvalue weighted by atomic mass is 10.0. The zero-order valence-corrected chi connectivity index (χ0v) is 24.1. The van der Waals surface area contributed by atoms with Crippen molar-refractivity contribution in [3.8, 4) is 6.07 Å². The lowest BCUT2D eigenvalue weighted by Gasteiger charge is -2.43. The van der Waals surface area contributed by atoms with E-state index in [1.165, 1.54) is 11.0 Å². The monoisotopic (exact) mass is 577 g/mol. The number of carbonyl (C=O) groups is 2. The number of carbonyl (C=O) groups excluding carboxylic acids is 2. The summed E-state index contributed by atoms with van der Waals surface area (Å²) in [5.74, 6) is -0.163. The summed E-state index contributed by atoms with van der Waals surface area (Å²) >= 11 is 0. The summed E-state index contributed by atoms with van der Waals surface area (Å²) in [5, 5.41) is 9.94. The molecule has 9 nitrogen and oxygen atoms in total. The summed E-state index contributed by atoms with van der Waals surface area (Å²) in [5.41, 5.74) is 4.45. The number of nitrogens with zero attached hydrogens (tertiary/aromatic N) is 5. The van der Waals surface area contributed by atoms with Crippen molar-refractivity contribution in [3.63, 3.8) is 0 Å². The van der Waals surface area contributed by atoms with Crippen molar-refractivity contribution >= 4 is 23.4 Å². The van der Waals surface area contributed by atoms with Crippen LogP contribution in [-0.2, 0) is 20.8 Å². The van der Waals surface area contributed by atoms with Crippen LogP contribution >= 0.6 is 0 Å². The van der Waals surface area contributed by atoms with Crippen LogP contribution in [0.2, 0.25) is 0 Å². The van der Waals surface area contributed by atoms with Crippen LogP contribution in [0.25, 0.3) is 0 Å². The molecular weight excluding hydrogens is 542 g/mol. The van der Waals surface area contributed by atoms with Gasteiger partial charge in [-0.3, -0.25) is 14.6 Å². The van der Waals surface area contributed by atoms with Crippen LogP contribution in [0.4, 0.5) is 10.5 Å². The van der Waals surface area contributed by atoms with Crippen molar-refractivity contribution in [1.29, 1.82) is 5.26 Å². The molecule has 0 aromatic heterocycles. The highest BCUT2D eigenvalue weighted by Crippen LogP contribution is 2.26. The second kappa shape index (κ2) is 14.4. The van der Waals surface area contributed by atoms with E-state index in [2.05, 4.69) is 17.5 Å². The first-order valence-electron chi connectivity index (χ1n) is 14.4. The van der Waals surface area contributed by atoms with Gasteiger partial charge in [0.1, 0.15) is 19.2 Å². The molecule has 43 heavy (non-hydrogen) atoms. The quantitative estimate of drug-likeness (QED) is 0.276. The standard InChI is InChI=1S/C34H35N5O4/c1-2-17-43-34(41)38-24-30(23-37-15-18-42-19-16-37)39(32(40)25-38)22-26-13-14-29(21-35)31(20-26)36-33(27-9-5-3-6-10-27)28-11-7-4-8-12-28/h2-14,20,30H,1,15-19,22-25H2. The molecule has 9 heteroatoms. The Morgan fingerprint density at radius 3 is 2.35 bits per heavy atom. The minimum atomic E-state index is -0.524. The molecule has 1 unspecified atom stereocenters. The first-order valence-corrected chi connectivity index (χ1v) is 14.4. The fourth-order valence-corrected chi connectivity index (χ4v) is 5.36. The Hall–Kier alpha value is -4.78. The molecule has 0 saturated carbocycles. The summed E-state index contributed by atoms with van der Waals surface area (Å²) < 4.78 is 10.8. The van der Waals surface area contributed by atoms with Gasteiger partial charge in [-0.05, 0) is 17.7 Å². The Kier molecular flexibility index (Phi) is 9.95. The third kappa shape index (κ3) is 7.55. The number of benzene rings is 3. The third-order valence-corrected chi connectivity index (χ3v) is 7.54. The van der Waals surface area contributed by atoms with Crippen LogP contribution in [0.3, 0.4) is 0 Å². The Morgan fingerprint density at radius 2 is 1.72 bits per heavy atom. The maximum Gasteiger partial charge on any atom is 0.410 e. The van der Waals surface area contributed by atoms with Gasteiger partial charge in [0.05, 0.1) is 36.2 Å². The molecule has 2 aliphatic rings. The number of hydrogen-bond acceptors (Lipinski definition) is 7. The predicted molar refractivity (Wildman–Crippen MR) is 164 cm³/mol. The molecule has 2 fully saturated rings. The van der Waals surface area contributed by atoms with Crippen molar-refractivity contribution in [1.82, 2.24) is 14.7 Å². The molecule has 2 heterocycles. The molecule has 3 aromatic carbocycles.